The van der Waals surface area contributed by atoms with Crippen LogP contribution in [0.3, 0.4) is 0 Å². The number of terminal acetylenes is 2. The molecule has 1 saturated heterocycles. The Bertz CT molecular complexity index is 958. The van der Waals surface area contributed by atoms with E-state index in [4.69, 9.17) is 26.7 Å². The van der Waals surface area contributed by atoms with Crippen LogP contribution in [0.15, 0.2) is 15.8 Å². The number of rotatable bonds is 7. The molecule has 0 saturated carbocycles. The van der Waals surface area contributed by atoms with Crippen LogP contribution in [-0.2, 0) is 20.4 Å². The number of aryl methyl sites for hydroxylation is 1. The Balaban J connectivity index is 2.38. The molecule has 3 atom stereocenters. The van der Waals surface area contributed by atoms with Crippen molar-refractivity contribution in [1.82, 2.24) is 9.13 Å². The Labute approximate surface area is 179 Å². The third kappa shape index (κ3) is 5.14. The molecule has 0 aromatic carbocycles. The molecule has 7 nitrogen and oxygen atoms in total. The number of aromatic nitrogens is 2. The van der Waals surface area contributed by atoms with E-state index in [-0.39, 0.29) is 37.0 Å². The van der Waals surface area contributed by atoms with E-state index in [1.165, 1.54) is 10.8 Å². The van der Waals surface area contributed by atoms with Gasteiger partial charge in [-0.15, -0.1) is 12.8 Å². The lowest BCUT2D eigenvalue weighted by molar-refractivity contribution is -0.0572. The first-order valence-electron chi connectivity index (χ1n) is 10.0. The van der Waals surface area contributed by atoms with Crippen molar-refractivity contribution >= 4 is 8.32 Å². The fraction of sp³-hybridized carbons (Fsp3) is 0.636. The number of hydrogen-bond donors (Lipinski definition) is 0. The Morgan fingerprint density at radius 3 is 2.50 bits per heavy atom. The molecule has 1 aromatic heterocycles. The van der Waals surface area contributed by atoms with Crippen LogP contribution in [0.4, 0.5) is 0 Å². The summed E-state index contributed by atoms with van der Waals surface area (Å²) in [6.45, 7) is 12.8. The predicted molar refractivity (Wildman–Crippen MR) is 119 cm³/mol. The monoisotopic (exact) mass is 432 g/mol. The quantitative estimate of drug-likeness (QED) is 0.376. The highest BCUT2D eigenvalue weighted by Gasteiger charge is 2.45. The van der Waals surface area contributed by atoms with Crippen molar-refractivity contribution in [3.05, 3.63) is 32.6 Å². The molecule has 0 radical (unpaired) electrons. The highest BCUT2D eigenvalue weighted by Crippen LogP contribution is 2.41. The van der Waals surface area contributed by atoms with Crippen molar-refractivity contribution in [1.29, 1.82) is 0 Å². The second-order valence-electron chi connectivity index (χ2n) is 9.10. The third-order valence-corrected chi connectivity index (χ3v) is 10.3. The van der Waals surface area contributed by atoms with Gasteiger partial charge in [0.15, 0.2) is 8.32 Å². The molecule has 1 aromatic rings. The SMILES string of the molecule is C#CCOC[C@H]1O[C@@H](n2cc(C)c(=O)n(CC#C)c2=O)C[C@@H]1O[Si](C)(C)C(C)(C)C. The van der Waals surface area contributed by atoms with Crippen LogP contribution in [0.25, 0.3) is 0 Å². The van der Waals surface area contributed by atoms with Crippen LogP contribution in [0.5, 0.6) is 0 Å². The van der Waals surface area contributed by atoms with E-state index in [9.17, 15) is 9.59 Å². The van der Waals surface area contributed by atoms with Crippen molar-refractivity contribution in [3.63, 3.8) is 0 Å². The molecule has 1 fully saturated rings. The maximum absolute atomic E-state index is 12.9. The predicted octanol–water partition coefficient (Wildman–Crippen LogP) is 2.28. The van der Waals surface area contributed by atoms with Gasteiger partial charge in [-0.1, -0.05) is 32.6 Å². The van der Waals surface area contributed by atoms with E-state index in [0.717, 1.165) is 4.57 Å². The molecule has 2 rings (SSSR count). The Hall–Kier alpha value is -2.10. The minimum atomic E-state index is -2.09. The van der Waals surface area contributed by atoms with Crippen molar-refractivity contribution < 1.29 is 13.9 Å². The number of ether oxygens (including phenoxy) is 2. The first-order valence-corrected chi connectivity index (χ1v) is 12.9. The summed E-state index contributed by atoms with van der Waals surface area (Å²) in [5.41, 5.74) is -0.470. The number of nitrogens with zero attached hydrogens (tertiary/aromatic N) is 2. The first-order chi connectivity index (χ1) is 13.9. The first kappa shape index (κ1) is 24.2. The van der Waals surface area contributed by atoms with Gasteiger partial charge in [0.05, 0.1) is 19.3 Å². The van der Waals surface area contributed by atoms with Gasteiger partial charge < -0.3 is 13.9 Å². The van der Waals surface area contributed by atoms with Gasteiger partial charge >= 0.3 is 5.69 Å². The van der Waals surface area contributed by atoms with Crippen LogP contribution in [0.1, 0.15) is 39.0 Å². The highest BCUT2D eigenvalue weighted by atomic mass is 28.4. The zero-order valence-corrected chi connectivity index (χ0v) is 19.7. The Morgan fingerprint density at radius 2 is 1.93 bits per heavy atom. The average Bonchev–Trinajstić information content (AvgIpc) is 3.03. The van der Waals surface area contributed by atoms with E-state index in [1.54, 1.807) is 6.92 Å². The van der Waals surface area contributed by atoms with Gasteiger partial charge in [-0.25, -0.2) is 9.36 Å². The second-order valence-corrected chi connectivity index (χ2v) is 13.9. The maximum atomic E-state index is 12.9. The Morgan fingerprint density at radius 1 is 1.27 bits per heavy atom. The topological polar surface area (TPSA) is 71.7 Å². The molecule has 0 spiro atoms. The van der Waals surface area contributed by atoms with Crippen LogP contribution in [0, 0.1) is 31.6 Å². The summed E-state index contributed by atoms with van der Waals surface area (Å²) >= 11 is 0. The van der Waals surface area contributed by atoms with Gasteiger partial charge in [-0.2, -0.15) is 0 Å². The fourth-order valence-electron chi connectivity index (χ4n) is 3.13. The lowest BCUT2D eigenvalue weighted by atomic mass is 10.2. The zero-order chi connectivity index (χ0) is 22.7. The molecule has 2 heterocycles. The zero-order valence-electron chi connectivity index (χ0n) is 18.7. The maximum Gasteiger partial charge on any atom is 0.333 e. The fourth-order valence-corrected chi connectivity index (χ4v) is 4.49. The second kappa shape index (κ2) is 9.36. The van der Waals surface area contributed by atoms with Gasteiger partial charge in [0.2, 0.25) is 0 Å². The normalized spacial score (nSPS) is 21.9. The highest BCUT2D eigenvalue weighted by molar-refractivity contribution is 6.74. The van der Waals surface area contributed by atoms with E-state index in [0.29, 0.717) is 12.0 Å². The van der Waals surface area contributed by atoms with Crippen molar-refractivity contribution in [2.45, 2.75) is 77.2 Å². The lowest BCUT2D eigenvalue weighted by Crippen LogP contribution is -2.46. The lowest BCUT2D eigenvalue weighted by Gasteiger charge is -2.39. The van der Waals surface area contributed by atoms with E-state index in [2.05, 4.69) is 45.7 Å². The van der Waals surface area contributed by atoms with E-state index >= 15 is 0 Å². The average molecular weight is 433 g/mol. The van der Waals surface area contributed by atoms with E-state index in [1.807, 2.05) is 0 Å². The summed E-state index contributed by atoms with van der Waals surface area (Å²) < 4.78 is 20.8. The van der Waals surface area contributed by atoms with E-state index < -0.39 is 25.8 Å². The molecule has 0 amide bonds. The molecule has 164 valence electrons. The smallest absolute Gasteiger partial charge is 0.333 e. The summed E-state index contributed by atoms with van der Waals surface area (Å²) in [6.07, 6.45) is 11.4. The van der Waals surface area contributed by atoms with Crippen molar-refractivity contribution in [2.24, 2.45) is 0 Å². The Kier molecular flexibility index (Phi) is 7.54. The third-order valence-electron chi connectivity index (χ3n) is 5.83. The molecule has 0 unspecified atom stereocenters. The molecule has 0 N–H and O–H groups in total. The number of hydrogen-bond acceptors (Lipinski definition) is 5. The molecule has 1 aliphatic heterocycles. The molecule has 1 aliphatic rings. The van der Waals surface area contributed by atoms with Crippen LogP contribution < -0.4 is 11.2 Å². The van der Waals surface area contributed by atoms with Gasteiger partial charge in [0.25, 0.3) is 5.56 Å². The summed E-state index contributed by atoms with van der Waals surface area (Å²) in [6, 6.07) is 0. The molecular weight excluding hydrogens is 400 g/mol. The minimum absolute atomic E-state index is 0.0166. The van der Waals surface area contributed by atoms with Crippen LogP contribution in [0.2, 0.25) is 18.1 Å². The minimum Gasteiger partial charge on any atom is -0.411 e. The summed E-state index contributed by atoms with van der Waals surface area (Å²) in [5.74, 6) is 4.81. The largest absolute Gasteiger partial charge is 0.411 e. The summed E-state index contributed by atoms with van der Waals surface area (Å²) in [7, 11) is -2.09. The molecule has 0 aliphatic carbocycles. The van der Waals surface area contributed by atoms with Gasteiger partial charge in [0.1, 0.15) is 18.9 Å². The molecular formula is C22H32N2O5Si. The van der Waals surface area contributed by atoms with Gasteiger partial charge in [-0.3, -0.25) is 9.36 Å². The van der Waals surface area contributed by atoms with Crippen molar-refractivity contribution in [3.8, 4) is 24.7 Å². The molecule has 0 bridgehead atoms. The standard InChI is InChI=1S/C22H32N2O5Si/c1-9-11-23-20(25)16(3)14-24(21(23)26)19-13-17(18(28-19)15-27-12-10-2)29-30(7,8)22(4,5)6/h1-2,14,17-19H,11-13,15H2,3-8H3/t17-,18+,19+/m0/s1. The summed E-state index contributed by atoms with van der Waals surface area (Å²) in [4.78, 5) is 25.2. The molecule has 8 heteroatoms. The van der Waals surface area contributed by atoms with Crippen LogP contribution >= 0.6 is 0 Å². The van der Waals surface area contributed by atoms with Crippen molar-refractivity contribution in [2.75, 3.05) is 13.2 Å². The van der Waals surface area contributed by atoms with Gasteiger partial charge in [-0.05, 0) is 25.1 Å². The summed E-state index contributed by atoms with van der Waals surface area (Å²) in [5, 5.41) is 0.0166. The van der Waals surface area contributed by atoms with Crippen LogP contribution in [-0.4, -0.2) is 42.9 Å². The molecule has 30 heavy (non-hydrogen) atoms. The van der Waals surface area contributed by atoms with Gasteiger partial charge in [0, 0.05) is 18.2 Å².